The van der Waals surface area contributed by atoms with Crippen LogP contribution in [0.4, 0.5) is 5.82 Å². The number of aromatic nitrogens is 2. The third-order valence-corrected chi connectivity index (χ3v) is 2.32. The van der Waals surface area contributed by atoms with Crippen molar-refractivity contribution in [3.8, 4) is 5.75 Å². The Balaban J connectivity index is 2.01. The van der Waals surface area contributed by atoms with Crippen LogP contribution in [-0.4, -0.2) is 21.2 Å². The van der Waals surface area contributed by atoms with E-state index in [-0.39, 0.29) is 18.1 Å². The maximum Gasteiger partial charge on any atom is 0.230 e. The molecule has 0 saturated heterocycles. The number of hydrogen-bond donors (Lipinski definition) is 3. The van der Waals surface area contributed by atoms with Gasteiger partial charge in [0.1, 0.15) is 5.75 Å². The van der Waals surface area contributed by atoms with Gasteiger partial charge in [-0.15, -0.1) is 0 Å². The number of rotatable bonds is 3. The number of amides is 1. The Kier molecular flexibility index (Phi) is 3.09. The van der Waals surface area contributed by atoms with E-state index >= 15 is 0 Å². The number of benzene rings is 1. The van der Waals surface area contributed by atoms with Gasteiger partial charge in [0.15, 0.2) is 5.82 Å². The highest BCUT2D eigenvalue weighted by molar-refractivity contribution is 5.91. The highest BCUT2D eigenvalue weighted by Crippen LogP contribution is 2.16. The summed E-state index contributed by atoms with van der Waals surface area (Å²) in [4.78, 5) is 11.7. The van der Waals surface area contributed by atoms with Crippen LogP contribution in [0.25, 0.3) is 0 Å². The minimum atomic E-state index is -0.210. The number of anilines is 1. The van der Waals surface area contributed by atoms with Crippen LogP contribution in [0.3, 0.4) is 0 Å². The Morgan fingerprint density at radius 2 is 2.24 bits per heavy atom. The molecule has 0 spiro atoms. The number of carbonyl (C=O) groups excluding carboxylic acids is 1. The molecule has 2 rings (SSSR count). The summed E-state index contributed by atoms with van der Waals surface area (Å²) in [5, 5.41) is 18.8. The molecular weight excluding hydrogens is 218 g/mol. The van der Waals surface area contributed by atoms with Crippen molar-refractivity contribution in [2.45, 2.75) is 13.3 Å². The van der Waals surface area contributed by atoms with Crippen LogP contribution < -0.4 is 5.32 Å². The largest absolute Gasteiger partial charge is 0.508 e. The fraction of sp³-hybridized carbons (Fsp3) is 0.167. The van der Waals surface area contributed by atoms with Gasteiger partial charge in [-0.25, -0.2) is 0 Å². The van der Waals surface area contributed by atoms with E-state index in [0.29, 0.717) is 11.4 Å². The van der Waals surface area contributed by atoms with Gasteiger partial charge in [-0.1, -0.05) is 18.2 Å². The number of phenols is 1. The van der Waals surface area contributed by atoms with Crippen LogP contribution in [0.1, 0.15) is 11.3 Å². The highest BCUT2D eigenvalue weighted by Gasteiger charge is 2.08. The SMILES string of the molecule is Cc1cc(NC(=O)Cc2ccccc2O)n[nH]1. The van der Waals surface area contributed by atoms with Crippen LogP contribution in [0, 0.1) is 6.92 Å². The predicted octanol–water partition coefficient (Wildman–Crippen LogP) is 1.60. The molecule has 0 atom stereocenters. The van der Waals surface area contributed by atoms with Gasteiger partial charge in [0.2, 0.25) is 5.91 Å². The third-order valence-electron chi connectivity index (χ3n) is 2.32. The van der Waals surface area contributed by atoms with E-state index in [0.717, 1.165) is 5.69 Å². The first-order chi connectivity index (χ1) is 8.15. The minimum absolute atomic E-state index is 0.124. The van der Waals surface area contributed by atoms with Crippen LogP contribution in [0.2, 0.25) is 0 Å². The summed E-state index contributed by atoms with van der Waals surface area (Å²) in [5.74, 6) is 0.404. The Morgan fingerprint density at radius 3 is 2.88 bits per heavy atom. The van der Waals surface area contributed by atoms with Crippen molar-refractivity contribution in [3.05, 3.63) is 41.6 Å². The van der Waals surface area contributed by atoms with E-state index in [9.17, 15) is 9.90 Å². The zero-order chi connectivity index (χ0) is 12.3. The fourth-order valence-corrected chi connectivity index (χ4v) is 1.50. The second-order valence-corrected chi connectivity index (χ2v) is 3.79. The Labute approximate surface area is 98.5 Å². The number of carbonyl (C=O) groups is 1. The minimum Gasteiger partial charge on any atom is -0.508 e. The van der Waals surface area contributed by atoms with E-state index in [2.05, 4.69) is 15.5 Å². The summed E-state index contributed by atoms with van der Waals surface area (Å²) in [6, 6.07) is 8.50. The quantitative estimate of drug-likeness (QED) is 0.750. The summed E-state index contributed by atoms with van der Waals surface area (Å²) in [6.45, 7) is 1.85. The van der Waals surface area contributed by atoms with Crippen molar-refractivity contribution < 1.29 is 9.90 Å². The number of hydrogen-bond acceptors (Lipinski definition) is 3. The number of nitrogens with zero attached hydrogens (tertiary/aromatic N) is 1. The highest BCUT2D eigenvalue weighted by atomic mass is 16.3. The van der Waals surface area contributed by atoms with Crippen molar-refractivity contribution in [2.75, 3.05) is 5.32 Å². The van der Waals surface area contributed by atoms with Crippen molar-refractivity contribution in [1.82, 2.24) is 10.2 Å². The van der Waals surface area contributed by atoms with Gasteiger partial charge in [0.05, 0.1) is 6.42 Å². The maximum atomic E-state index is 11.7. The average molecular weight is 231 g/mol. The number of H-pyrrole nitrogens is 1. The molecule has 0 unspecified atom stereocenters. The van der Waals surface area contributed by atoms with Gasteiger partial charge in [-0.05, 0) is 13.0 Å². The first-order valence-electron chi connectivity index (χ1n) is 5.24. The predicted molar refractivity (Wildman–Crippen MR) is 63.8 cm³/mol. The molecule has 5 heteroatoms. The van der Waals surface area contributed by atoms with Gasteiger partial charge in [0, 0.05) is 17.3 Å². The molecule has 0 fully saturated rings. The average Bonchev–Trinajstić information content (AvgIpc) is 2.67. The number of aryl methyl sites for hydroxylation is 1. The molecule has 2 aromatic rings. The smallest absolute Gasteiger partial charge is 0.230 e. The lowest BCUT2D eigenvalue weighted by Crippen LogP contribution is -2.14. The molecule has 0 aliphatic rings. The lowest BCUT2D eigenvalue weighted by Gasteiger charge is -2.03. The topological polar surface area (TPSA) is 78.0 Å². The Morgan fingerprint density at radius 1 is 1.47 bits per heavy atom. The second kappa shape index (κ2) is 4.69. The number of para-hydroxylation sites is 1. The molecular formula is C12H13N3O2. The number of aromatic hydroxyl groups is 1. The first kappa shape index (κ1) is 11.2. The Bertz CT molecular complexity index is 534. The molecule has 1 heterocycles. The first-order valence-corrected chi connectivity index (χ1v) is 5.24. The molecule has 3 N–H and O–H groups in total. The van der Waals surface area contributed by atoms with Gasteiger partial charge < -0.3 is 10.4 Å². The molecule has 1 aromatic heterocycles. The van der Waals surface area contributed by atoms with Gasteiger partial charge in [-0.2, -0.15) is 5.10 Å². The van der Waals surface area contributed by atoms with Gasteiger partial charge >= 0.3 is 0 Å². The molecule has 1 amide bonds. The van der Waals surface area contributed by atoms with E-state index in [1.807, 2.05) is 6.92 Å². The Hall–Kier alpha value is -2.30. The summed E-state index contributed by atoms with van der Waals surface area (Å²) in [7, 11) is 0. The van der Waals surface area contributed by atoms with E-state index < -0.39 is 0 Å². The van der Waals surface area contributed by atoms with Crippen molar-refractivity contribution in [2.24, 2.45) is 0 Å². The normalized spacial score (nSPS) is 10.2. The van der Waals surface area contributed by atoms with E-state index in [1.54, 1.807) is 30.3 Å². The molecule has 0 aliphatic heterocycles. The third kappa shape index (κ3) is 2.84. The molecule has 1 aromatic carbocycles. The number of nitrogens with one attached hydrogen (secondary N) is 2. The van der Waals surface area contributed by atoms with E-state index in [1.165, 1.54) is 0 Å². The number of phenolic OH excluding ortho intramolecular Hbond substituents is 1. The zero-order valence-electron chi connectivity index (χ0n) is 9.40. The molecule has 0 radical (unpaired) electrons. The zero-order valence-corrected chi connectivity index (χ0v) is 9.40. The lowest BCUT2D eigenvalue weighted by atomic mass is 10.1. The van der Waals surface area contributed by atoms with Gasteiger partial charge in [-0.3, -0.25) is 9.89 Å². The molecule has 5 nitrogen and oxygen atoms in total. The molecule has 0 bridgehead atoms. The van der Waals surface area contributed by atoms with Gasteiger partial charge in [0.25, 0.3) is 0 Å². The van der Waals surface area contributed by atoms with Crippen LogP contribution in [0.5, 0.6) is 5.75 Å². The fourth-order valence-electron chi connectivity index (χ4n) is 1.50. The molecule has 0 aliphatic carbocycles. The second-order valence-electron chi connectivity index (χ2n) is 3.79. The number of aromatic amines is 1. The van der Waals surface area contributed by atoms with Crippen molar-refractivity contribution in [3.63, 3.8) is 0 Å². The summed E-state index contributed by atoms with van der Waals surface area (Å²) < 4.78 is 0. The summed E-state index contributed by atoms with van der Waals surface area (Å²) in [6.07, 6.45) is 0.124. The van der Waals surface area contributed by atoms with Crippen LogP contribution >= 0.6 is 0 Å². The molecule has 0 saturated carbocycles. The summed E-state index contributed by atoms with van der Waals surface area (Å²) >= 11 is 0. The lowest BCUT2D eigenvalue weighted by molar-refractivity contribution is -0.115. The maximum absolute atomic E-state index is 11.7. The molecule has 88 valence electrons. The standard InChI is InChI=1S/C12H13N3O2/c1-8-6-11(15-14-8)13-12(17)7-9-4-2-3-5-10(9)16/h2-6,16H,7H2,1H3,(H2,13,14,15,17). The monoisotopic (exact) mass is 231 g/mol. The van der Waals surface area contributed by atoms with Crippen LogP contribution in [0.15, 0.2) is 30.3 Å². The van der Waals surface area contributed by atoms with Crippen LogP contribution in [-0.2, 0) is 11.2 Å². The summed E-state index contributed by atoms with van der Waals surface area (Å²) in [5.41, 5.74) is 1.47. The van der Waals surface area contributed by atoms with Crippen molar-refractivity contribution in [1.29, 1.82) is 0 Å². The van der Waals surface area contributed by atoms with E-state index in [4.69, 9.17) is 0 Å². The molecule has 17 heavy (non-hydrogen) atoms. The van der Waals surface area contributed by atoms with Crippen molar-refractivity contribution >= 4 is 11.7 Å².